The molecule has 0 unspecified atom stereocenters. The van der Waals surface area contributed by atoms with Crippen molar-refractivity contribution in [3.63, 3.8) is 0 Å². The molecular weight excluding hydrogens is 256 g/mol. The standard InChI is InChI=1S/C12H14O4.Ti/c1-2-3-8-16-12(15)10-7-5-4-6-9(10)11(13)14;/h4-7H,2-3,8H2,1H3,(H,13,14);/q;+1/p-1. The summed E-state index contributed by atoms with van der Waals surface area (Å²) in [7, 11) is 0. The van der Waals surface area contributed by atoms with Crippen LogP contribution in [0.5, 0.6) is 0 Å². The number of carbonyl (C=O) groups is 2. The van der Waals surface area contributed by atoms with E-state index in [1.54, 1.807) is 24.3 Å². The van der Waals surface area contributed by atoms with Crippen LogP contribution in [0.4, 0.5) is 0 Å². The van der Waals surface area contributed by atoms with Gasteiger partial charge in [-0.25, -0.2) is 0 Å². The Morgan fingerprint density at radius 2 is 1.76 bits per heavy atom. The van der Waals surface area contributed by atoms with Crippen LogP contribution in [0, 0.1) is 0 Å². The molecule has 0 saturated heterocycles. The second kappa shape index (κ2) is 7.25. The number of esters is 1. The van der Waals surface area contributed by atoms with Gasteiger partial charge < -0.3 is 0 Å². The molecule has 17 heavy (non-hydrogen) atoms. The summed E-state index contributed by atoms with van der Waals surface area (Å²) in [5.41, 5.74) is 0.479. The first-order valence-electron chi connectivity index (χ1n) is 5.34. The maximum absolute atomic E-state index is 11.7. The molecule has 0 radical (unpaired) electrons. The molecule has 0 N–H and O–H groups in total. The summed E-state index contributed by atoms with van der Waals surface area (Å²) in [6.45, 7) is 2.38. The van der Waals surface area contributed by atoms with Crippen LogP contribution in [0.15, 0.2) is 24.3 Å². The van der Waals surface area contributed by atoms with Gasteiger partial charge in [0.2, 0.25) is 0 Å². The van der Waals surface area contributed by atoms with Gasteiger partial charge in [0.05, 0.1) is 0 Å². The molecule has 0 amide bonds. The van der Waals surface area contributed by atoms with Crippen molar-refractivity contribution in [2.45, 2.75) is 19.8 Å². The Kier molecular flexibility index (Phi) is 5.94. The monoisotopic (exact) mass is 269 g/mol. The summed E-state index contributed by atoms with van der Waals surface area (Å²) in [4.78, 5) is 23.2. The predicted octanol–water partition coefficient (Wildman–Crippen LogP) is 2.26. The first-order chi connectivity index (χ1) is 8.20. The van der Waals surface area contributed by atoms with Crippen LogP contribution in [0.2, 0.25) is 0 Å². The van der Waals surface area contributed by atoms with Gasteiger partial charge in [-0.1, -0.05) is 0 Å². The van der Waals surface area contributed by atoms with E-state index in [1.807, 2.05) is 6.92 Å². The molecule has 0 fully saturated rings. The van der Waals surface area contributed by atoms with E-state index in [0.717, 1.165) is 12.8 Å². The SMILES string of the molecule is CCCCOC(=O)c1ccccc1C(=O)[O][Ti]. The summed E-state index contributed by atoms with van der Waals surface area (Å²) in [5, 5.41) is 0. The molecule has 0 bridgehead atoms. The average molecular weight is 269 g/mol. The van der Waals surface area contributed by atoms with Crippen LogP contribution in [0.1, 0.15) is 40.5 Å². The summed E-state index contributed by atoms with van der Waals surface area (Å²) in [6, 6.07) is 6.46. The van der Waals surface area contributed by atoms with Crippen LogP contribution in [-0.2, 0) is 28.9 Å². The van der Waals surface area contributed by atoms with Crippen LogP contribution < -0.4 is 0 Å². The van der Waals surface area contributed by atoms with Crippen LogP contribution in [0.25, 0.3) is 0 Å². The van der Waals surface area contributed by atoms with E-state index < -0.39 is 11.9 Å². The third-order valence-corrected chi connectivity index (χ3v) is 2.48. The van der Waals surface area contributed by atoms with Crippen molar-refractivity contribution in [2.75, 3.05) is 6.61 Å². The Labute approximate surface area is 112 Å². The van der Waals surface area contributed by atoms with Crippen molar-refractivity contribution in [3.8, 4) is 0 Å². The van der Waals surface area contributed by atoms with Crippen molar-refractivity contribution in [1.82, 2.24) is 0 Å². The van der Waals surface area contributed by atoms with Gasteiger partial charge in [-0.15, -0.1) is 0 Å². The summed E-state index contributed by atoms with van der Waals surface area (Å²) >= 11 is 1.28. The van der Waals surface area contributed by atoms with E-state index in [1.165, 1.54) is 20.8 Å². The summed E-state index contributed by atoms with van der Waals surface area (Å²) < 4.78 is 9.66. The van der Waals surface area contributed by atoms with E-state index in [0.29, 0.717) is 6.61 Å². The molecule has 4 nitrogen and oxygen atoms in total. The maximum atomic E-state index is 11.7. The first-order valence-corrected chi connectivity index (χ1v) is 5.98. The second-order valence-corrected chi connectivity index (χ2v) is 3.74. The van der Waals surface area contributed by atoms with E-state index in [2.05, 4.69) is 3.32 Å². The topological polar surface area (TPSA) is 52.6 Å². The Bertz CT molecular complexity index is 403. The molecule has 1 rings (SSSR count). The molecule has 5 heteroatoms. The molecular formula is C12H13O4Ti. The fourth-order valence-electron chi connectivity index (χ4n) is 1.28. The third kappa shape index (κ3) is 3.98. The quantitative estimate of drug-likeness (QED) is 0.467. The van der Waals surface area contributed by atoms with Gasteiger partial charge in [0.15, 0.2) is 0 Å². The van der Waals surface area contributed by atoms with Gasteiger partial charge in [-0.05, 0) is 0 Å². The summed E-state index contributed by atoms with van der Waals surface area (Å²) in [5.74, 6) is -1.02. The van der Waals surface area contributed by atoms with Gasteiger partial charge >= 0.3 is 112 Å². The Balaban J connectivity index is 2.82. The molecule has 0 aliphatic heterocycles. The number of hydrogen-bond donors (Lipinski definition) is 0. The van der Waals surface area contributed by atoms with Crippen molar-refractivity contribution >= 4 is 11.9 Å². The zero-order valence-electron chi connectivity index (χ0n) is 9.56. The number of rotatable bonds is 5. The Hall–Kier alpha value is -1.13. The van der Waals surface area contributed by atoms with E-state index >= 15 is 0 Å². The van der Waals surface area contributed by atoms with E-state index in [4.69, 9.17) is 4.74 Å². The minimum atomic E-state index is -0.534. The minimum absolute atomic E-state index is 0.233. The van der Waals surface area contributed by atoms with Gasteiger partial charge in [0.25, 0.3) is 0 Å². The van der Waals surface area contributed by atoms with Crippen molar-refractivity contribution in [3.05, 3.63) is 35.4 Å². The molecule has 1 aromatic rings. The van der Waals surface area contributed by atoms with Crippen LogP contribution in [-0.4, -0.2) is 18.5 Å². The van der Waals surface area contributed by atoms with Crippen molar-refractivity contribution in [2.24, 2.45) is 0 Å². The van der Waals surface area contributed by atoms with Gasteiger partial charge in [0.1, 0.15) is 0 Å². The number of hydrogen-bond acceptors (Lipinski definition) is 4. The van der Waals surface area contributed by atoms with Crippen molar-refractivity contribution < 1.29 is 38.5 Å². The zero-order valence-corrected chi connectivity index (χ0v) is 11.1. The number of benzene rings is 1. The van der Waals surface area contributed by atoms with Crippen LogP contribution in [0.3, 0.4) is 0 Å². The van der Waals surface area contributed by atoms with E-state index in [-0.39, 0.29) is 11.1 Å². The van der Waals surface area contributed by atoms with Crippen molar-refractivity contribution in [1.29, 1.82) is 0 Å². The van der Waals surface area contributed by atoms with E-state index in [9.17, 15) is 9.59 Å². The second-order valence-electron chi connectivity index (χ2n) is 3.42. The number of unbranched alkanes of at least 4 members (excludes halogenated alkanes) is 1. The zero-order chi connectivity index (χ0) is 12.7. The third-order valence-electron chi connectivity index (χ3n) is 2.19. The molecule has 0 aromatic heterocycles. The normalized spacial score (nSPS) is 9.65. The average Bonchev–Trinajstić information content (AvgIpc) is 2.38. The molecule has 0 aliphatic carbocycles. The molecule has 0 heterocycles. The van der Waals surface area contributed by atoms with Gasteiger partial charge in [-0.2, -0.15) is 0 Å². The fourth-order valence-corrected chi connectivity index (χ4v) is 1.45. The Morgan fingerprint density at radius 3 is 2.29 bits per heavy atom. The molecule has 0 atom stereocenters. The molecule has 89 valence electrons. The predicted molar refractivity (Wildman–Crippen MR) is 57.0 cm³/mol. The number of carbonyl (C=O) groups excluding carboxylic acids is 2. The molecule has 1 aromatic carbocycles. The number of ether oxygens (including phenoxy) is 1. The summed E-state index contributed by atoms with van der Waals surface area (Å²) in [6.07, 6.45) is 1.76. The molecule has 0 spiro atoms. The van der Waals surface area contributed by atoms with Gasteiger partial charge in [0, 0.05) is 0 Å². The molecule has 0 aliphatic rings. The van der Waals surface area contributed by atoms with Gasteiger partial charge in [-0.3, -0.25) is 0 Å². The molecule has 0 saturated carbocycles. The fraction of sp³-hybridized carbons (Fsp3) is 0.333. The Morgan fingerprint density at radius 1 is 1.18 bits per heavy atom. The van der Waals surface area contributed by atoms with Crippen LogP contribution >= 0.6 is 0 Å². The first kappa shape index (κ1) is 13.9.